The molecule has 2 heterocycles. The first-order valence-electron chi connectivity index (χ1n) is 14.7. The molecular weight excluding hydrogens is 554 g/mol. The molecule has 2 aliphatic rings. The number of hydrogen-bond donors (Lipinski definition) is 3. The average Bonchev–Trinajstić information content (AvgIpc) is 3.49. The van der Waals surface area contributed by atoms with Crippen LogP contribution in [0.4, 0.5) is 11.7 Å². The normalized spacial score (nSPS) is 15.4. The standard InChI is InChI=1S/C35H35N5O4/c1-6-36-28-18-30-26(16-20(28)3)32(27-17-21(4)29(37-7-2)19-31(27)43-30)24-10-8-9-11-25(24)34-39-40-35(44-34)38-33(41)22-12-14-23(42-5)15-13-22/h8-19,28,36-37H,6-7H2,1-5H3,(H,38,40,41). The molecule has 3 aromatic carbocycles. The molecule has 1 unspecified atom stereocenters. The Labute approximate surface area is 256 Å². The molecule has 0 radical (unpaired) electrons. The van der Waals surface area contributed by atoms with Crippen LogP contribution in [-0.2, 0) is 0 Å². The minimum atomic E-state index is -0.362. The maximum atomic E-state index is 12.9. The Morgan fingerprint density at radius 1 is 0.955 bits per heavy atom. The summed E-state index contributed by atoms with van der Waals surface area (Å²) < 4.78 is 17.8. The lowest BCUT2D eigenvalue weighted by atomic mass is 9.83. The molecule has 3 N–H and O–H groups in total. The van der Waals surface area contributed by atoms with E-state index in [1.54, 1.807) is 31.4 Å². The summed E-state index contributed by atoms with van der Waals surface area (Å²) in [6, 6.07) is 19.0. The highest BCUT2D eigenvalue weighted by atomic mass is 16.5. The summed E-state index contributed by atoms with van der Waals surface area (Å²) >= 11 is 0. The first-order chi connectivity index (χ1) is 21.4. The lowest BCUT2D eigenvalue weighted by Crippen LogP contribution is -2.31. The van der Waals surface area contributed by atoms with Crippen molar-refractivity contribution in [1.29, 1.82) is 0 Å². The van der Waals surface area contributed by atoms with E-state index in [4.69, 9.17) is 13.9 Å². The van der Waals surface area contributed by atoms with Crippen LogP contribution in [0.1, 0.15) is 47.8 Å². The number of carbonyl (C=O) groups excluding carboxylic acids is 1. The molecule has 44 heavy (non-hydrogen) atoms. The lowest BCUT2D eigenvalue weighted by Gasteiger charge is -2.31. The summed E-state index contributed by atoms with van der Waals surface area (Å²) in [4.78, 5) is 12.9. The number of nitrogens with zero attached hydrogens (tertiary/aromatic N) is 2. The zero-order valence-corrected chi connectivity index (χ0v) is 25.4. The maximum absolute atomic E-state index is 12.9. The Bertz CT molecular complexity index is 1820. The van der Waals surface area contributed by atoms with Gasteiger partial charge in [0.1, 0.15) is 17.3 Å². The van der Waals surface area contributed by atoms with E-state index in [2.05, 4.69) is 84.2 Å². The number of carbonyl (C=O) groups is 1. The van der Waals surface area contributed by atoms with Gasteiger partial charge in [0.15, 0.2) is 0 Å². The molecule has 0 fully saturated rings. The third kappa shape index (κ3) is 5.49. The van der Waals surface area contributed by atoms with E-state index < -0.39 is 0 Å². The Kier molecular flexibility index (Phi) is 8.04. The molecule has 6 rings (SSSR count). The molecule has 0 spiro atoms. The molecule has 9 heteroatoms. The summed E-state index contributed by atoms with van der Waals surface area (Å²) in [6.45, 7) is 10.0. The Morgan fingerprint density at radius 3 is 2.45 bits per heavy atom. The molecule has 1 aliphatic heterocycles. The van der Waals surface area contributed by atoms with Crippen LogP contribution >= 0.6 is 0 Å². The minimum Gasteiger partial charge on any atom is -0.497 e. The van der Waals surface area contributed by atoms with Gasteiger partial charge in [0.2, 0.25) is 5.89 Å². The van der Waals surface area contributed by atoms with Crippen molar-refractivity contribution >= 4 is 23.2 Å². The summed E-state index contributed by atoms with van der Waals surface area (Å²) in [5, 5.41) is 18.2. The van der Waals surface area contributed by atoms with E-state index in [-0.39, 0.29) is 18.0 Å². The predicted molar refractivity (Wildman–Crippen MR) is 172 cm³/mol. The van der Waals surface area contributed by atoms with Crippen LogP contribution in [0.15, 0.2) is 94.1 Å². The molecule has 1 atom stereocenters. The van der Waals surface area contributed by atoms with Crippen molar-refractivity contribution in [2.75, 3.05) is 30.8 Å². The van der Waals surface area contributed by atoms with E-state index in [1.165, 1.54) is 5.57 Å². The van der Waals surface area contributed by atoms with E-state index in [1.807, 2.05) is 18.2 Å². The van der Waals surface area contributed by atoms with Crippen LogP contribution in [0.3, 0.4) is 0 Å². The van der Waals surface area contributed by atoms with Gasteiger partial charge in [0, 0.05) is 46.1 Å². The predicted octanol–water partition coefficient (Wildman–Crippen LogP) is 6.75. The summed E-state index contributed by atoms with van der Waals surface area (Å²) in [6.07, 6.45) is 4.34. The second-order valence-electron chi connectivity index (χ2n) is 10.7. The highest BCUT2D eigenvalue weighted by Gasteiger charge is 2.31. The number of aryl methyl sites for hydroxylation is 1. The number of benzene rings is 3. The summed E-state index contributed by atoms with van der Waals surface area (Å²) in [5.41, 5.74) is 8.40. The largest absolute Gasteiger partial charge is 0.497 e. The first-order valence-corrected chi connectivity index (χ1v) is 14.7. The fourth-order valence-electron chi connectivity index (χ4n) is 5.57. The lowest BCUT2D eigenvalue weighted by molar-refractivity contribution is 0.102. The van der Waals surface area contributed by atoms with Gasteiger partial charge in [-0.05, 0) is 87.0 Å². The molecule has 224 valence electrons. The fourth-order valence-corrected chi connectivity index (χ4v) is 5.57. The number of amides is 1. The monoisotopic (exact) mass is 589 g/mol. The van der Waals surface area contributed by atoms with Crippen molar-refractivity contribution < 1.29 is 18.7 Å². The number of methoxy groups -OCH3 is 1. The number of likely N-dealkylation sites (N-methyl/N-ethyl adjacent to an activating group) is 1. The summed E-state index contributed by atoms with van der Waals surface area (Å²) in [5.74, 6) is 2.16. The average molecular weight is 590 g/mol. The van der Waals surface area contributed by atoms with Gasteiger partial charge >= 0.3 is 6.01 Å². The second kappa shape index (κ2) is 12.2. The number of allylic oxidation sites excluding steroid dienone is 1. The van der Waals surface area contributed by atoms with Crippen LogP contribution < -0.4 is 25.4 Å². The van der Waals surface area contributed by atoms with E-state index in [9.17, 15) is 4.79 Å². The Hall–Kier alpha value is -5.15. The van der Waals surface area contributed by atoms with Crippen molar-refractivity contribution in [3.05, 3.63) is 112 Å². The molecule has 1 aromatic heterocycles. The van der Waals surface area contributed by atoms with Crippen LogP contribution in [-0.4, -0.2) is 42.3 Å². The third-order valence-corrected chi connectivity index (χ3v) is 7.75. The van der Waals surface area contributed by atoms with Crippen molar-refractivity contribution in [2.45, 2.75) is 33.7 Å². The van der Waals surface area contributed by atoms with Gasteiger partial charge in [0.25, 0.3) is 5.91 Å². The van der Waals surface area contributed by atoms with Crippen molar-refractivity contribution in [3.63, 3.8) is 0 Å². The topological polar surface area (TPSA) is 111 Å². The molecule has 1 aliphatic carbocycles. The highest BCUT2D eigenvalue weighted by Crippen LogP contribution is 2.47. The van der Waals surface area contributed by atoms with Crippen LogP contribution in [0.25, 0.3) is 17.0 Å². The van der Waals surface area contributed by atoms with Crippen molar-refractivity contribution in [3.8, 4) is 23.0 Å². The van der Waals surface area contributed by atoms with Crippen molar-refractivity contribution in [1.82, 2.24) is 15.5 Å². The third-order valence-electron chi connectivity index (χ3n) is 7.75. The van der Waals surface area contributed by atoms with Crippen LogP contribution in [0.5, 0.6) is 11.5 Å². The molecule has 0 bridgehead atoms. The van der Waals surface area contributed by atoms with Crippen LogP contribution in [0, 0.1) is 6.92 Å². The molecule has 4 aromatic rings. The second-order valence-corrected chi connectivity index (χ2v) is 10.7. The number of hydrogen-bond acceptors (Lipinski definition) is 8. The fraction of sp³-hybridized carbons (Fsp3) is 0.229. The van der Waals surface area contributed by atoms with Gasteiger partial charge < -0.3 is 24.5 Å². The zero-order chi connectivity index (χ0) is 30.8. The van der Waals surface area contributed by atoms with Gasteiger partial charge in [-0.25, -0.2) is 0 Å². The van der Waals surface area contributed by atoms with E-state index >= 15 is 0 Å². The van der Waals surface area contributed by atoms with Gasteiger partial charge in [-0.3, -0.25) is 10.1 Å². The van der Waals surface area contributed by atoms with Crippen LogP contribution in [0.2, 0.25) is 0 Å². The number of anilines is 2. The molecule has 0 saturated carbocycles. The molecular formula is C35H35N5O4. The molecule has 0 saturated heterocycles. The van der Waals surface area contributed by atoms with Gasteiger partial charge in [0.05, 0.1) is 13.2 Å². The van der Waals surface area contributed by atoms with Gasteiger partial charge in [-0.1, -0.05) is 35.8 Å². The number of ether oxygens (including phenoxy) is 2. The molecule has 9 nitrogen and oxygen atoms in total. The Morgan fingerprint density at radius 2 is 1.73 bits per heavy atom. The smallest absolute Gasteiger partial charge is 0.322 e. The Balaban J connectivity index is 1.43. The van der Waals surface area contributed by atoms with Crippen molar-refractivity contribution in [2.24, 2.45) is 0 Å². The minimum absolute atomic E-state index is 0.00857. The van der Waals surface area contributed by atoms with Gasteiger partial charge in [-0.15, -0.1) is 5.10 Å². The quantitative estimate of drug-likeness (QED) is 0.197. The number of nitrogens with one attached hydrogen (secondary N) is 3. The van der Waals surface area contributed by atoms with E-state index in [0.29, 0.717) is 17.2 Å². The zero-order valence-electron chi connectivity index (χ0n) is 25.4. The maximum Gasteiger partial charge on any atom is 0.322 e. The highest BCUT2D eigenvalue weighted by molar-refractivity contribution is 6.03. The number of rotatable bonds is 9. The molecule has 1 amide bonds. The SMILES string of the molecule is CCNc1cc2c(cc1C)C(c1ccccc1-c1nnc(NC(=O)c3ccc(OC)cc3)o1)=C1C=C(C)C(NCC)C=C1O2. The van der Waals surface area contributed by atoms with Gasteiger partial charge in [-0.2, -0.15) is 0 Å². The summed E-state index contributed by atoms with van der Waals surface area (Å²) in [7, 11) is 1.58. The number of aromatic nitrogens is 2. The number of fused-ring (bicyclic) bond motifs is 2. The first kappa shape index (κ1) is 28.9. The van der Waals surface area contributed by atoms with E-state index in [0.717, 1.165) is 63.7 Å².